The molecule has 0 saturated heterocycles. The van der Waals surface area contributed by atoms with Crippen molar-refractivity contribution >= 4 is 28.1 Å². The van der Waals surface area contributed by atoms with E-state index >= 15 is 0 Å². The molecule has 0 amide bonds. The molecule has 0 saturated carbocycles. The lowest BCUT2D eigenvalue weighted by Gasteiger charge is -2.08. The predicted molar refractivity (Wildman–Crippen MR) is 93.9 cm³/mol. The smallest absolute Gasteiger partial charge is 0.139 e. The molecule has 0 atom stereocenters. The molecule has 5 heteroatoms. The highest BCUT2D eigenvalue weighted by atomic mass is 35.5. The van der Waals surface area contributed by atoms with Crippen LogP contribution in [-0.4, -0.2) is 32.4 Å². The van der Waals surface area contributed by atoms with Gasteiger partial charge in [-0.2, -0.15) is 0 Å². The second-order valence-electron chi connectivity index (χ2n) is 4.64. The lowest BCUT2D eigenvalue weighted by Crippen LogP contribution is -2.15. The molecule has 116 valence electrons. The minimum atomic E-state index is 0.453. The molecule has 0 unspecified atom stereocenters. The highest BCUT2D eigenvalue weighted by Gasteiger charge is 2.05. The van der Waals surface area contributed by atoms with Crippen molar-refractivity contribution in [3.8, 4) is 5.75 Å². The second kappa shape index (κ2) is 8.41. The third-order valence-electron chi connectivity index (χ3n) is 3.10. The minimum Gasteiger partial charge on any atom is -0.492 e. The summed E-state index contributed by atoms with van der Waals surface area (Å²) >= 11 is 6.34. The van der Waals surface area contributed by atoms with Gasteiger partial charge in [-0.15, -0.1) is 0 Å². The van der Waals surface area contributed by atoms with E-state index in [2.05, 4.69) is 15.6 Å². The van der Waals surface area contributed by atoms with Gasteiger partial charge in [-0.1, -0.05) is 23.7 Å². The molecule has 0 aromatic heterocycles. The van der Waals surface area contributed by atoms with Crippen LogP contribution in [0.4, 0.5) is 11.4 Å². The fourth-order valence-electron chi connectivity index (χ4n) is 1.94. The van der Waals surface area contributed by atoms with E-state index in [1.165, 1.54) is 0 Å². The van der Waals surface area contributed by atoms with Gasteiger partial charge in [-0.25, -0.2) is 4.99 Å². The maximum absolute atomic E-state index is 6.34. The van der Waals surface area contributed by atoms with Gasteiger partial charge in [0.25, 0.3) is 0 Å². The molecule has 0 fully saturated rings. The Morgan fingerprint density at radius 3 is 2.50 bits per heavy atom. The highest BCUT2D eigenvalue weighted by molar-refractivity contribution is 6.70. The molecular formula is C17H20ClN3O. The van der Waals surface area contributed by atoms with E-state index in [1.54, 1.807) is 0 Å². The summed E-state index contributed by atoms with van der Waals surface area (Å²) in [5, 5.41) is 6.60. The summed E-state index contributed by atoms with van der Waals surface area (Å²) in [5.74, 6) is 0.820. The maximum Gasteiger partial charge on any atom is 0.139 e. The molecular weight excluding hydrogens is 298 g/mol. The van der Waals surface area contributed by atoms with Crippen LogP contribution in [0.5, 0.6) is 5.75 Å². The Morgan fingerprint density at radius 1 is 1.09 bits per heavy atom. The SMILES string of the molecule is CNCCOc1ccc(N=C(Cl)c2ccccc2NC)cc1. The normalized spacial score (nSPS) is 11.3. The van der Waals surface area contributed by atoms with Crippen molar-refractivity contribution in [3.05, 3.63) is 54.1 Å². The Labute approximate surface area is 136 Å². The summed E-state index contributed by atoms with van der Waals surface area (Å²) in [5.41, 5.74) is 2.61. The van der Waals surface area contributed by atoms with Gasteiger partial charge in [-0.05, 0) is 43.4 Å². The summed E-state index contributed by atoms with van der Waals surface area (Å²) in [4.78, 5) is 4.45. The van der Waals surface area contributed by atoms with Crippen molar-refractivity contribution in [3.63, 3.8) is 0 Å². The van der Waals surface area contributed by atoms with Gasteiger partial charge in [0.15, 0.2) is 0 Å². The number of para-hydroxylation sites is 1. The van der Waals surface area contributed by atoms with Crippen LogP contribution in [0.2, 0.25) is 0 Å². The molecule has 22 heavy (non-hydrogen) atoms. The molecule has 0 aliphatic heterocycles. The molecule has 0 aliphatic carbocycles. The molecule has 0 spiro atoms. The van der Waals surface area contributed by atoms with E-state index < -0.39 is 0 Å². The van der Waals surface area contributed by atoms with Gasteiger partial charge in [0.1, 0.15) is 17.5 Å². The van der Waals surface area contributed by atoms with E-state index in [4.69, 9.17) is 16.3 Å². The summed E-state index contributed by atoms with van der Waals surface area (Å²) in [6.45, 7) is 1.45. The topological polar surface area (TPSA) is 45.6 Å². The zero-order chi connectivity index (χ0) is 15.8. The molecule has 2 aromatic carbocycles. The van der Waals surface area contributed by atoms with Crippen molar-refractivity contribution < 1.29 is 4.74 Å². The summed E-state index contributed by atoms with van der Waals surface area (Å²) in [6, 6.07) is 15.4. The van der Waals surface area contributed by atoms with Crippen LogP contribution in [-0.2, 0) is 0 Å². The average molecular weight is 318 g/mol. The summed E-state index contributed by atoms with van der Waals surface area (Å²) < 4.78 is 5.57. The van der Waals surface area contributed by atoms with Gasteiger partial charge >= 0.3 is 0 Å². The number of anilines is 1. The monoisotopic (exact) mass is 317 g/mol. The van der Waals surface area contributed by atoms with Crippen molar-refractivity contribution in [2.75, 3.05) is 32.6 Å². The first-order valence-electron chi connectivity index (χ1n) is 7.13. The standard InChI is InChI=1S/C17H20ClN3O/c1-19-11-12-22-14-9-7-13(8-10-14)21-17(18)15-5-3-4-6-16(15)20-2/h3-10,19-20H,11-12H2,1-2H3. The van der Waals surface area contributed by atoms with E-state index in [1.807, 2.05) is 62.6 Å². The number of aliphatic imine (C=N–C) groups is 1. The molecule has 0 heterocycles. The van der Waals surface area contributed by atoms with Gasteiger partial charge in [0.05, 0.1) is 5.69 Å². The van der Waals surface area contributed by atoms with Crippen molar-refractivity contribution in [2.45, 2.75) is 0 Å². The van der Waals surface area contributed by atoms with E-state index in [0.29, 0.717) is 11.8 Å². The van der Waals surface area contributed by atoms with E-state index in [0.717, 1.165) is 29.2 Å². The number of likely N-dealkylation sites (N-methyl/N-ethyl adjacent to an activating group) is 1. The third-order valence-corrected chi connectivity index (χ3v) is 3.39. The largest absolute Gasteiger partial charge is 0.492 e. The number of ether oxygens (including phenoxy) is 1. The Morgan fingerprint density at radius 2 is 1.82 bits per heavy atom. The Bertz CT molecular complexity index is 626. The Hall–Kier alpha value is -2.04. The maximum atomic E-state index is 6.34. The number of hydrogen-bond donors (Lipinski definition) is 2. The lowest BCUT2D eigenvalue weighted by molar-refractivity contribution is 0.318. The zero-order valence-electron chi connectivity index (χ0n) is 12.8. The number of rotatable bonds is 7. The van der Waals surface area contributed by atoms with Gasteiger partial charge in [-0.3, -0.25) is 0 Å². The van der Waals surface area contributed by atoms with Crippen LogP contribution in [0.3, 0.4) is 0 Å². The predicted octanol–water partition coefficient (Wildman–Crippen LogP) is 3.64. The van der Waals surface area contributed by atoms with Gasteiger partial charge in [0, 0.05) is 24.8 Å². The van der Waals surface area contributed by atoms with Crippen LogP contribution >= 0.6 is 11.6 Å². The van der Waals surface area contributed by atoms with Crippen LogP contribution in [0.15, 0.2) is 53.5 Å². The Kier molecular flexibility index (Phi) is 6.25. The van der Waals surface area contributed by atoms with E-state index in [-0.39, 0.29) is 0 Å². The third kappa shape index (κ3) is 4.48. The molecule has 4 nitrogen and oxygen atoms in total. The molecule has 2 aromatic rings. The van der Waals surface area contributed by atoms with Crippen LogP contribution in [0, 0.1) is 0 Å². The van der Waals surface area contributed by atoms with Crippen LogP contribution < -0.4 is 15.4 Å². The van der Waals surface area contributed by atoms with Crippen molar-refractivity contribution in [1.29, 1.82) is 0 Å². The fraction of sp³-hybridized carbons (Fsp3) is 0.235. The molecule has 0 bridgehead atoms. The first-order valence-corrected chi connectivity index (χ1v) is 7.51. The molecule has 2 N–H and O–H groups in total. The molecule has 0 radical (unpaired) electrons. The second-order valence-corrected chi connectivity index (χ2v) is 5.00. The van der Waals surface area contributed by atoms with Crippen molar-refractivity contribution in [1.82, 2.24) is 5.32 Å². The number of halogens is 1. The number of nitrogens with one attached hydrogen (secondary N) is 2. The number of hydrogen-bond acceptors (Lipinski definition) is 4. The van der Waals surface area contributed by atoms with E-state index in [9.17, 15) is 0 Å². The molecule has 0 aliphatic rings. The first kappa shape index (κ1) is 16.3. The van der Waals surface area contributed by atoms with Crippen LogP contribution in [0.25, 0.3) is 0 Å². The minimum absolute atomic E-state index is 0.453. The summed E-state index contributed by atoms with van der Waals surface area (Å²) in [6.07, 6.45) is 0. The lowest BCUT2D eigenvalue weighted by atomic mass is 10.2. The van der Waals surface area contributed by atoms with Gasteiger partial charge < -0.3 is 15.4 Å². The quantitative estimate of drug-likeness (QED) is 0.605. The number of benzene rings is 2. The summed E-state index contributed by atoms with van der Waals surface area (Å²) in [7, 11) is 3.76. The molecule has 2 rings (SSSR count). The zero-order valence-corrected chi connectivity index (χ0v) is 13.5. The fourth-order valence-corrected chi connectivity index (χ4v) is 2.20. The number of nitrogens with zero attached hydrogens (tertiary/aromatic N) is 1. The highest BCUT2D eigenvalue weighted by Crippen LogP contribution is 2.23. The van der Waals surface area contributed by atoms with Gasteiger partial charge in [0.2, 0.25) is 0 Å². The van der Waals surface area contributed by atoms with Crippen molar-refractivity contribution in [2.24, 2.45) is 4.99 Å². The Balaban J connectivity index is 2.11. The average Bonchev–Trinajstić information content (AvgIpc) is 2.56. The van der Waals surface area contributed by atoms with Crippen LogP contribution in [0.1, 0.15) is 5.56 Å². The first-order chi connectivity index (χ1) is 10.7.